The third-order valence-electron chi connectivity index (χ3n) is 3.82. The molecule has 1 aliphatic carbocycles. The SMILES string of the molecule is CC1CCC(Oc2cc(Br)ccc2N)CC1C. The Morgan fingerprint density at radius 2 is 2.00 bits per heavy atom. The Morgan fingerprint density at radius 1 is 1.24 bits per heavy atom. The molecule has 0 aliphatic heterocycles. The average molecular weight is 298 g/mol. The molecule has 0 bridgehead atoms. The predicted molar refractivity (Wildman–Crippen MR) is 75.1 cm³/mol. The molecule has 17 heavy (non-hydrogen) atoms. The third-order valence-corrected chi connectivity index (χ3v) is 4.31. The zero-order valence-corrected chi connectivity index (χ0v) is 12.0. The van der Waals surface area contributed by atoms with E-state index in [-0.39, 0.29) is 0 Å². The minimum atomic E-state index is 0.317. The van der Waals surface area contributed by atoms with Crippen molar-refractivity contribution < 1.29 is 4.74 Å². The Bertz CT molecular complexity index is 394. The fourth-order valence-electron chi connectivity index (χ4n) is 2.39. The van der Waals surface area contributed by atoms with Crippen LogP contribution in [0.5, 0.6) is 5.75 Å². The summed E-state index contributed by atoms with van der Waals surface area (Å²) in [6.07, 6.45) is 3.84. The number of nitrogen functional groups attached to an aromatic ring is 1. The monoisotopic (exact) mass is 297 g/mol. The zero-order chi connectivity index (χ0) is 12.4. The van der Waals surface area contributed by atoms with Crippen molar-refractivity contribution in [1.82, 2.24) is 0 Å². The molecule has 2 rings (SSSR count). The molecule has 3 atom stereocenters. The van der Waals surface area contributed by atoms with Crippen LogP contribution in [-0.2, 0) is 0 Å². The van der Waals surface area contributed by atoms with Crippen LogP contribution in [0.1, 0.15) is 33.1 Å². The van der Waals surface area contributed by atoms with Crippen LogP contribution < -0.4 is 10.5 Å². The van der Waals surface area contributed by atoms with Crippen LogP contribution >= 0.6 is 15.9 Å². The Kier molecular flexibility index (Phi) is 3.97. The lowest BCUT2D eigenvalue weighted by molar-refractivity contribution is 0.101. The molecule has 1 aromatic carbocycles. The van der Waals surface area contributed by atoms with Crippen molar-refractivity contribution in [1.29, 1.82) is 0 Å². The van der Waals surface area contributed by atoms with E-state index in [1.54, 1.807) is 0 Å². The molecule has 0 spiro atoms. The molecule has 3 unspecified atom stereocenters. The molecule has 94 valence electrons. The summed E-state index contributed by atoms with van der Waals surface area (Å²) in [5, 5.41) is 0. The summed E-state index contributed by atoms with van der Waals surface area (Å²) in [6, 6.07) is 5.78. The van der Waals surface area contributed by atoms with Crippen LogP contribution in [0.25, 0.3) is 0 Å². The molecule has 1 aliphatic rings. The van der Waals surface area contributed by atoms with Gasteiger partial charge in [0, 0.05) is 4.47 Å². The van der Waals surface area contributed by atoms with E-state index in [0.29, 0.717) is 6.10 Å². The normalized spacial score (nSPS) is 29.0. The van der Waals surface area contributed by atoms with E-state index >= 15 is 0 Å². The smallest absolute Gasteiger partial charge is 0.143 e. The van der Waals surface area contributed by atoms with Gasteiger partial charge in [-0.1, -0.05) is 29.8 Å². The molecule has 1 fully saturated rings. The second-order valence-corrected chi connectivity index (χ2v) is 6.11. The second-order valence-electron chi connectivity index (χ2n) is 5.19. The van der Waals surface area contributed by atoms with E-state index in [2.05, 4.69) is 29.8 Å². The summed E-state index contributed by atoms with van der Waals surface area (Å²) >= 11 is 3.45. The molecular formula is C14H20BrNO. The molecule has 0 heterocycles. The summed E-state index contributed by atoms with van der Waals surface area (Å²) in [5.41, 5.74) is 6.64. The number of halogens is 1. The van der Waals surface area contributed by atoms with Gasteiger partial charge in [0.2, 0.25) is 0 Å². The van der Waals surface area contributed by atoms with E-state index in [0.717, 1.165) is 40.6 Å². The van der Waals surface area contributed by atoms with Gasteiger partial charge in [-0.25, -0.2) is 0 Å². The maximum Gasteiger partial charge on any atom is 0.143 e. The molecule has 2 N–H and O–H groups in total. The lowest BCUT2D eigenvalue weighted by Crippen LogP contribution is -2.28. The average Bonchev–Trinajstić information content (AvgIpc) is 2.29. The summed E-state index contributed by atoms with van der Waals surface area (Å²) in [4.78, 5) is 0. The van der Waals surface area contributed by atoms with Crippen molar-refractivity contribution in [3.05, 3.63) is 22.7 Å². The van der Waals surface area contributed by atoms with Gasteiger partial charge in [-0.2, -0.15) is 0 Å². The third kappa shape index (κ3) is 3.15. The lowest BCUT2D eigenvalue weighted by Gasteiger charge is -2.32. The Balaban J connectivity index is 2.03. The van der Waals surface area contributed by atoms with Crippen LogP contribution in [0.4, 0.5) is 5.69 Å². The van der Waals surface area contributed by atoms with Crippen LogP contribution in [0, 0.1) is 11.8 Å². The predicted octanol–water partition coefficient (Wildman–Crippen LogP) is 4.23. The Labute approximate surface area is 112 Å². The topological polar surface area (TPSA) is 35.2 Å². The first-order valence-corrected chi connectivity index (χ1v) is 7.07. The first-order chi connectivity index (χ1) is 8.06. The lowest BCUT2D eigenvalue weighted by atomic mass is 9.80. The maximum atomic E-state index is 6.03. The molecule has 3 heteroatoms. The summed E-state index contributed by atoms with van der Waals surface area (Å²) in [6.45, 7) is 4.64. The van der Waals surface area contributed by atoms with Crippen LogP contribution in [-0.4, -0.2) is 6.10 Å². The number of ether oxygens (including phenoxy) is 1. The number of hydrogen-bond donors (Lipinski definition) is 1. The maximum absolute atomic E-state index is 6.03. The van der Waals surface area contributed by atoms with Gasteiger partial charge in [0.25, 0.3) is 0 Å². The molecule has 2 nitrogen and oxygen atoms in total. The standard InChI is InChI=1S/C14H20BrNO/c1-9-3-5-12(7-10(9)2)17-14-8-11(15)4-6-13(14)16/h4,6,8-10,12H,3,5,7,16H2,1-2H3. The van der Waals surface area contributed by atoms with Crippen molar-refractivity contribution >= 4 is 21.6 Å². The number of nitrogens with two attached hydrogens (primary N) is 1. The van der Waals surface area contributed by atoms with Gasteiger partial charge < -0.3 is 10.5 Å². The highest BCUT2D eigenvalue weighted by Gasteiger charge is 2.26. The summed E-state index contributed by atoms with van der Waals surface area (Å²) in [5.74, 6) is 2.36. The Morgan fingerprint density at radius 3 is 2.71 bits per heavy atom. The molecule has 0 amide bonds. The van der Waals surface area contributed by atoms with Crippen LogP contribution in [0.3, 0.4) is 0 Å². The van der Waals surface area contributed by atoms with Crippen molar-refractivity contribution in [2.24, 2.45) is 11.8 Å². The van der Waals surface area contributed by atoms with E-state index in [9.17, 15) is 0 Å². The van der Waals surface area contributed by atoms with Gasteiger partial charge >= 0.3 is 0 Å². The first kappa shape index (κ1) is 12.7. The van der Waals surface area contributed by atoms with E-state index in [1.807, 2.05) is 18.2 Å². The summed E-state index contributed by atoms with van der Waals surface area (Å²) in [7, 11) is 0. The minimum Gasteiger partial charge on any atom is -0.488 e. The molecule has 0 aromatic heterocycles. The van der Waals surface area contributed by atoms with Crippen molar-refractivity contribution in [2.75, 3.05) is 5.73 Å². The molecule has 0 radical (unpaired) electrons. The highest BCUT2D eigenvalue weighted by atomic mass is 79.9. The van der Waals surface area contributed by atoms with E-state index in [4.69, 9.17) is 10.5 Å². The van der Waals surface area contributed by atoms with Gasteiger partial charge in [-0.05, 0) is 49.3 Å². The van der Waals surface area contributed by atoms with Gasteiger partial charge in [-0.3, -0.25) is 0 Å². The second kappa shape index (κ2) is 5.30. The molecular weight excluding hydrogens is 278 g/mol. The van der Waals surface area contributed by atoms with Gasteiger partial charge in [0.15, 0.2) is 0 Å². The van der Waals surface area contributed by atoms with Crippen molar-refractivity contribution in [3.63, 3.8) is 0 Å². The van der Waals surface area contributed by atoms with Gasteiger partial charge in [0.05, 0.1) is 11.8 Å². The molecule has 0 saturated heterocycles. The fraction of sp³-hybridized carbons (Fsp3) is 0.571. The molecule has 1 saturated carbocycles. The van der Waals surface area contributed by atoms with Crippen molar-refractivity contribution in [3.8, 4) is 5.75 Å². The largest absolute Gasteiger partial charge is 0.488 e. The minimum absolute atomic E-state index is 0.317. The summed E-state index contributed by atoms with van der Waals surface area (Å²) < 4.78 is 7.04. The van der Waals surface area contributed by atoms with Crippen molar-refractivity contribution in [2.45, 2.75) is 39.2 Å². The number of hydrogen-bond acceptors (Lipinski definition) is 2. The Hall–Kier alpha value is -0.700. The van der Waals surface area contributed by atoms with Crippen LogP contribution in [0.15, 0.2) is 22.7 Å². The highest BCUT2D eigenvalue weighted by Crippen LogP contribution is 2.34. The quantitative estimate of drug-likeness (QED) is 0.829. The fourth-order valence-corrected chi connectivity index (χ4v) is 2.74. The first-order valence-electron chi connectivity index (χ1n) is 6.28. The van der Waals surface area contributed by atoms with Gasteiger partial charge in [0.1, 0.15) is 5.75 Å². The number of anilines is 1. The highest BCUT2D eigenvalue weighted by molar-refractivity contribution is 9.10. The van der Waals surface area contributed by atoms with Crippen LogP contribution in [0.2, 0.25) is 0 Å². The van der Waals surface area contributed by atoms with Gasteiger partial charge in [-0.15, -0.1) is 0 Å². The molecule has 1 aromatic rings. The number of benzene rings is 1. The zero-order valence-electron chi connectivity index (χ0n) is 10.4. The van der Waals surface area contributed by atoms with E-state index in [1.165, 1.54) is 6.42 Å². The number of rotatable bonds is 2. The van der Waals surface area contributed by atoms with E-state index < -0.39 is 0 Å².